The highest BCUT2D eigenvalue weighted by molar-refractivity contribution is 6.18. The van der Waals surface area contributed by atoms with Gasteiger partial charge >= 0.3 is 0 Å². The molecular formula is C31H21N2O2+. The maximum Gasteiger partial charge on any atom is 0.224 e. The number of aromatic nitrogens is 1. The zero-order valence-electron chi connectivity index (χ0n) is 19.6. The van der Waals surface area contributed by atoms with Gasteiger partial charge in [-0.3, -0.25) is 0 Å². The van der Waals surface area contributed by atoms with Crippen LogP contribution in [0.25, 0.3) is 65.9 Å². The minimum atomic E-state index is 0.593. The first kappa shape index (κ1) is 19.8. The van der Waals surface area contributed by atoms with Crippen LogP contribution in [-0.4, -0.2) is 0 Å². The number of para-hydroxylation sites is 1. The van der Waals surface area contributed by atoms with Crippen molar-refractivity contribution in [3.8, 4) is 17.3 Å². The third-order valence-corrected chi connectivity index (χ3v) is 7.31. The van der Waals surface area contributed by atoms with E-state index in [0.717, 1.165) is 65.9 Å². The van der Waals surface area contributed by atoms with Crippen molar-refractivity contribution in [2.75, 3.05) is 0 Å². The third kappa shape index (κ3) is 2.64. The summed E-state index contributed by atoms with van der Waals surface area (Å²) in [6.07, 6.45) is 2.08. The molecule has 0 bridgehead atoms. The molecule has 0 aliphatic carbocycles. The average Bonchev–Trinajstić information content (AvgIpc) is 3.43. The molecule has 0 N–H and O–H groups in total. The number of furan rings is 2. The maximum absolute atomic E-state index is 9.32. The van der Waals surface area contributed by atoms with Crippen molar-refractivity contribution in [1.29, 1.82) is 5.26 Å². The molecule has 0 fully saturated rings. The van der Waals surface area contributed by atoms with Crippen LogP contribution >= 0.6 is 0 Å². The number of aryl methyl sites for hydroxylation is 2. The van der Waals surface area contributed by atoms with Crippen LogP contribution in [0.1, 0.15) is 16.7 Å². The molecule has 0 saturated heterocycles. The lowest BCUT2D eigenvalue weighted by atomic mass is 9.93. The molecule has 0 saturated carbocycles. The predicted octanol–water partition coefficient (Wildman–Crippen LogP) is 7.62. The zero-order chi connectivity index (χ0) is 23.8. The lowest BCUT2D eigenvalue weighted by molar-refractivity contribution is -0.659. The summed E-state index contributed by atoms with van der Waals surface area (Å²) in [5, 5.41) is 15.8. The summed E-state index contributed by atoms with van der Waals surface area (Å²) in [6, 6.07) is 24.7. The molecule has 0 radical (unpaired) electrons. The van der Waals surface area contributed by atoms with Crippen molar-refractivity contribution in [2.24, 2.45) is 7.05 Å². The molecule has 4 nitrogen and oxygen atoms in total. The van der Waals surface area contributed by atoms with E-state index in [-0.39, 0.29) is 0 Å². The molecule has 3 heterocycles. The molecule has 0 aliphatic heterocycles. The Kier molecular flexibility index (Phi) is 3.93. The Labute approximate surface area is 201 Å². The van der Waals surface area contributed by atoms with Crippen molar-refractivity contribution in [3.05, 3.63) is 89.6 Å². The molecule has 4 aromatic carbocycles. The van der Waals surface area contributed by atoms with E-state index in [1.807, 2.05) is 30.3 Å². The first-order valence-electron chi connectivity index (χ1n) is 11.6. The SMILES string of the molecule is Cc1cc2c(oc3ccccc32)c(-c2c3ccc4c5ccc(C#N)cc5oc4c3cc[n+]2C)c1C. The fourth-order valence-electron chi connectivity index (χ4n) is 5.44. The molecule has 3 aromatic heterocycles. The quantitative estimate of drug-likeness (QED) is 0.240. The van der Waals surface area contributed by atoms with Crippen molar-refractivity contribution in [1.82, 2.24) is 0 Å². The van der Waals surface area contributed by atoms with Crippen LogP contribution in [0.2, 0.25) is 0 Å². The molecular weight excluding hydrogens is 432 g/mol. The highest BCUT2D eigenvalue weighted by Gasteiger charge is 2.26. The summed E-state index contributed by atoms with van der Waals surface area (Å²) in [5.41, 5.74) is 8.57. The molecule has 7 aromatic rings. The number of benzene rings is 4. The Balaban J connectivity index is 1.63. The number of hydrogen-bond donors (Lipinski definition) is 0. The standard InChI is InChI=1S/C31H21N2O2/c1-17-14-25-20-6-4-5-7-26(20)34-31(25)28(18(17)2)29-22-10-11-23-21-9-8-19(16-32)15-27(21)35-30(23)24(22)12-13-33(29)3/h4-15H,1-3H3/q+1. The summed E-state index contributed by atoms with van der Waals surface area (Å²) in [5.74, 6) is 0. The second-order valence-electron chi connectivity index (χ2n) is 9.27. The predicted molar refractivity (Wildman–Crippen MR) is 139 cm³/mol. The van der Waals surface area contributed by atoms with Crippen LogP contribution in [0.3, 0.4) is 0 Å². The van der Waals surface area contributed by atoms with E-state index in [1.54, 1.807) is 0 Å². The molecule has 0 aliphatic rings. The van der Waals surface area contributed by atoms with E-state index in [1.165, 1.54) is 11.1 Å². The van der Waals surface area contributed by atoms with Gasteiger partial charge in [0.15, 0.2) is 6.20 Å². The van der Waals surface area contributed by atoms with Crippen LogP contribution in [-0.2, 0) is 7.05 Å². The van der Waals surface area contributed by atoms with Gasteiger partial charge in [0.25, 0.3) is 0 Å². The average molecular weight is 454 g/mol. The second-order valence-corrected chi connectivity index (χ2v) is 9.27. The van der Waals surface area contributed by atoms with E-state index in [9.17, 15) is 5.26 Å². The minimum absolute atomic E-state index is 0.593. The first-order chi connectivity index (χ1) is 17.0. The van der Waals surface area contributed by atoms with E-state index >= 15 is 0 Å². The molecule has 0 atom stereocenters. The summed E-state index contributed by atoms with van der Waals surface area (Å²) in [4.78, 5) is 0. The highest BCUT2D eigenvalue weighted by atomic mass is 16.3. The minimum Gasteiger partial charge on any atom is -0.455 e. The van der Waals surface area contributed by atoms with Gasteiger partial charge in [-0.25, -0.2) is 4.57 Å². The van der Waals surface area contributed by atoms with Gasteiger partial charge in [0.2, 0.25) is 5.69 Å². The fourth-order valence-corrected chi connectivity index (χ4v) is 5.44. The van der Waals surface area contributed by atoms with Crippen molar-refractivity contribution in [3.63, 3.8) is 0 Å². The van der Waals surface area contributed by atoms with Crippen LogP contribution in [0.4, 0.5) is 0 Å². The molecule has 0 amide bonds. The largest absolute Gasteiger partial charge is 0.455 e. The van der Waals surface area contributed by atoms with Gasteiger partial charge in [0, 0.05) is 33.0 Å². The first-order valence-corrected chi connectivity index (χ1v) is 11.6. The van der Waals surface area contributed by atoms with Crippen molar-refractivity contribution in [2.45, 2.75) is 13.8 Å². The molecule has 7 rings (SSSR count). The smallest absolute Gasteiger partial charge is 0.224 e. The van der Waals surface area contributed by atoms with Gasteiger partial charge < -0.3 is 8.83 Å². The lowest BCUT2D eigenvalue weighted by Crippen LogP contribution is -2.30. The normalized spacial score (nSPS) is 11.8. The molecule has 0 spiro atoms. The molecule has 35 heavy (non-hydrogen) atoms. The van der Waals surface area contributed by atoms with Crippen molar-refractivity contribution >= 4 is 54.6 Å². The molecule has 4 heteroatoms. The lowest BCUT2D eigenvalue weighted by Gasteiger charge is -2.11. The number of nitrogens with zero attached hydrogens (tertiary/aromatic N) is 2. The van der Waals surface area contributed by atoms with Gasteiger partial charge in [0.1, 0.15) is 29.4 Å². The van der Waals surface area contributed by atoms with E-state index in [2.05, 4.69) is 74.1 Å². The number of pyridine rings is 1. The number of nitriles is 1. The monoisotopic (exact) mass is 453 g/mol. The Morgan fingerprint density at radius 2 is 1.43 bits per heavy atom. The summed E-state index contributed by atoms with van der Waals surface area (Å²) in [7, 11) is 2.08. The summed E-state index contributed by atoms with van der Waals surface area (Å²) < 4.78 is 15.0. The van der Waals surface area contributed by atoms with Crippen LogP contribution in [0, 0.1) is 25.2 Å². The topological polar surface area (TPSA) is 54.0 Å². The van der Waals surface area contributed by atoms with Gasteiger partial charge in [-0.1, -0.05) is 18.2 Å². The van der Waals surface area contributed by atoms with E-state index < -0.39 is 0 Å². The third-order valence-electron chi connectivity index (χ3n) is 7.31. The Morgan fingerprint density at radius 3 is 2.29 bits per heavy atom. The van der Waals surface area contributed by atoms with E-state index in [0.29, 0.717) is 5.56 Å². The van der Waals surface area contributed by atoms with Crippen LogP contribution < -0.4 is 4.57 Å². The summed E-state index contributed by atoms with van der Waals surface area (Å²) >= 11 is 0. The number of rotatable bonds is 1. The highest BCUT2D eigenvalue weighted by Crippen LogP contribution is 2.42. The molecule has 166 valence electrons. The van der Waals surface area contributed by atoms with Gasteiger partial charge in [0.05, 0.1) is 22.6 Å². The van der Waals surface area contributed by atoms with Gasteiger partial charge in [-0.2, -0.15) is 5.26 Å². The Bertz CT molecular complexity index is 2050. The van der Waals surface area contributed by atoms with Gasteiger partial charge in [-0.15, -0.1) is 0 Å². The van der Waals surface area contributed by atoms with Crippen LogP contribution in [0.5, 0.6) is 0 Å². The van der Waals surface area contributed by atoms with Crippen molar-refractivity contribution < 1.29 is 13.4 Å². The fraction of sp³-hybridized carbons (Fsp3) is 0.0968. The Hall–Kier alpha value is -4.62. The molecule has 0 unspecified atom stereocenters. The Morgan fingerprint density at radius 1 is 0.714 bits per heavy atom. The maximum atomic E-state index is 9.32. The van der Waals surface area contributed by atoms with Gasteiger partial charge in [-0.05, 0) is 67.4 Å². The van der Waals surface area contributed by atoms with E-state index in [4.69, 9.17) is 8.83 Å². The number of hydrogen-bond acceptors (Lipinski definition) is 3. The second kappa shape index (κ2) is 6.94. The zero-order valence-corrected chi connectivity index (χ0v) is 19.6. The number of fused-ring (bicyclic) bond motifs is 8. The summed E-state index contributed by atoms with van der Waals surface area (Å²) in [6.45, 7) is 4.33. The van der Waals surface area contributed by atoms with Crippen LogP contribution in [0.15, 0.2) is 81.8 Å².